The molecule has 2 N–H and O–H groups in total. The lowest BCUT2D eigenvalue weighted by atomic mass is 10.1. The van der Waals surface area contributed by atoms with Crippen molar-refractivity contribution in [1.29, 1.82) is 0 Å². The SMILES string of the molecule is Clc1ccc2c(NCCNCc3cnc4ccccc4c3Cl)ccnc2c1. The van der Waals surface area contributed by atoms with Gasteiger partial charge in [0.15, 0.2) is 0 Å². The van der Waals surface area contributed by atoms with E-state index in [1.165, 1.54) is 0 Å². The highest BCUT2D eigenvalue weighted by molar-refractivity contribution is 6.36. The molecule has 0 saturated carbocycles. The molecule has 0 radical (unpaired) electrons. The number of nitrogens with one attached hydrogen (secondary N) is 2. The summed E-state index contributed by atoms with van der Waals surface area (Å²) in [5, 5.41) is 10.3. The van der Waals surface area contributed by atoms with Gasteiger partial charge in [0, 0.05) is 59.1 Å². The number of rotatable bonds is 6. The third kappa shape index (κ3) is 3.98. The van der Waals surface area contributed by atoms with E-state index in [1.807, 2.05) is 54.7 Å². The minimum Gasteiger partial charge on any atom is -0.383 e. The Morgan fingerprint density at radius 3 is 2.67 bits per heavy atom. The summed E-state index contributed by atoms with van der Waals surface area (Å²) in [5.74, 6) is 0. The normalized spacial score (nSPS) is 11.2. The Balaban J connectivity index is 1.35. The Bertz CT molecular complexity index is 1100. The van der Waals surface area contributed by atoms with Crippen molar-refractivity contribution < 1.29 is 0 Å². The van der Waals surface area contributed by atoms with E-state index in [4.69, 9.17) is 23.2 Å². The Kier molecular flexibility index (Phi) is 5.39. The van der Waals surface area contributed by atoms with Gasteiger partial charge >= 0.3 is 0 Å². The van der Waals surface area contributed by atoms with E-state index in [9.17, 15) is 0 Å². The van der Waals surface area contributed by atoms with Gasteiger partial charge in [0.1, 0.15) is 0 Å². The fourth-order valence-corrected chi connectivity index (χ4v) is 3.50. The first-order valence-electron chi connectivity index (χ1n) is 8.73. The first-order valence-corrected chi connectivity index (χ1v) is 9.49. The van der Waals surface area contributed by atoms with Gasteiger partial charge in [-0.3, -0.25) is 9.97 Å². The number of nitrogens with zero attached hydrogens (tertiary/aromatic N) is 2. The molecule has 4 aromatic rings. The fraction of sp³-hybridized carbons (Fsp3) is 0.143. The van der Waals surface area contributed by atoms with E-state index in [1.54, 1.807) is 6.20 Å². The van der Waals surface area contributed by atoms with Gasteiger partial charge in [-0.1, -0.05) is 41.4 Å². The van der Waals surface area contributed by atoms with Crippen LogP contribution in [-0.2, 0) is 6.54 Å². The minimum atomic E-state index is 0.672. The number of fused-ring (bicyclic) bond motifs is 2. The summed E-state index contributed by atoms with van der Waals surface area (Å²) in [6.45, 7) is 2.24. The Morgan fingerprint density at radius 2 is 1.74 bits per heavy atom. The molecule has 6 heteroatoms. The van der Waals surface area contributed by atoms with Gasteiger partial charge in [-0.25, -0.2) is 0 Å². The Morgan fingerprint density at radius 1 is 0.852 bits per heavy atom. The van der Waals surface area contributed by atoms with Crippen molar-refractivity contribution in [3.05, 3.63) is 76.5 Å². The second-order valence-electron chi connectivity index (χ2n) is 6.24. The largest absolute Gasteiger partial charge is 0.383 e. The molecule has 0 amide bonds. The fourth-order valence-electron chi connectivity index (χ4n) is 3.06. The molecule has 27 heavy (non-hydrogen) atoms. The number of hydrogen-bond donors (Lipinski definition) is 2. The summed E-state index contributed by atoms with van der Waals surface area (Å²) in [5.41, 5.74) is 3.84. The van der Waals surface area contributed by atoms with Crippen molar-refractivity contribution in [1.82, 2.24) is 15.3 Å². The highest BCUT2D eigenvalue weighted by Gasteiger charge is 2.06. The Labute approximate surface area is 167 Å². The van der Waals surface area contributed by atoms with Crippen LogP contribution in [0.25, 0.3) is 21.8 Å². The van der Waals surface area contributed by atoms with Crippen molar-refractivity contribution in [2.75, 3.05) is 18.4 Å². The second kappa shape index (κ2) is 8.09. The maximum absolute atomic E-state index is 6.52. The molecule has 0 aliphatic rings. The quantitative estimate of drug-likeness (QED) is 0.434. The second-order valence-corrected chi connectivity index (χ2v) is 7.05. The van der Waals surface area contributed by atoms with Crippen LogP contribution in [0.15, 0.2) is 60.9 Å². The molecule has 0 bridgehead atoms. The molecule has 2 aromatic carbocycles. The van der Waals surface area contributed by atoms with E-state index in [0.717, 1.165) is 51.2 Å². The molecule has 4 rings (SSSR count). The number of anilines is 1. The lowest BCUT2D eigenvalue weighted by Crippen LogP contribution is -2.22. The van der Waals surface area contributed by atoms with E-state index in [2.05, 4.69) is 20.6 Å². The molecular formula is C21H18Cl2N4. The van der Waals surface area contributed by atoms with Gasteiger partial charge in [0.2, 0.25) is 0 Å². The van der Waals surface area contributed by atoms with E-state index in [-0.39, 0.29) is 0 Å². The third-order valence-electron chi connectivity index (χ3n) is 4.42. The predicted octanol–water partition coefficient (Wildman–Crippen LogP) is 5.29. The van der Waals surface area contributed by atoms with Crippen LogP contribution in [0.3, 0.4) is 0 Å². The molecule has 4 nitrogen and oxygen atoms in total. The molecular weight excluding hydrogens is 379 g/mol. The first kappa shape index (κ1) is 18.0. The zero-order chi connectivity index (χ0) is 18.6. The molecule has 0 spiro atoms. The maximum atomic E-state index is 6.52. The Hall–Kier alpha value is -2.40. The van der Waals surface area contributed by atoms with Crippen LogP contribution in [0.4, 0.5) is 5.69 Å². The van der Waals surface area contributed by atoms with Gasteiger partial charge in [-0.2, -0.15) is 0 Å². The number of hydrogen-bond acceptors (Lipinski definition) is 4. The van der Waals surface area contributed by atoms with Gasteiger partial charge in [0.25, 0.3) is 0 Å². The van der Waals surface area contributed by atoms with Crippen LogP contribution in [0.5, 0.6) is 0 Å². The number of pyridine rings is 2. The summed E-state index contributed by atoms with van der Waals surface area (Å²) < 4.78 is 0. The molecule has 0 saturated heterocycles. The number of halogens is 2. The smallest absolute Gasteiger partial charge is 0.0737 e. The van der Waals surface area contributed by atoms with Gasteiger partial charge in [-0.15, -0.1) is 0 Å². The van der Waals surface area contributed by atoms with Gasteiger partial charge < -0.3 is 10.6 Å². The number of para-hydroxylation sites is 1. The maximum Gasteiger partial charge on any atom is 0.0737 e. The van der Waals surface area contributed by atoms with Crippen LogP contribution in [0.1, 0.15) is 5.56 Å². The van der Waals surface area contributed by atoms with Crippen LogP contribution < -0.4 is 10.6 Å². The van der Waals surface area contributed by atoms with Gasteiger partial charge in [0.05, 0.1) is 16.1 Å². The van der Waals surface area contributed by atoms with Crippen LogP contribution in [-0.4, -0.2) is 23.1 Å². The van der Waals surface area contributed by atoms with Crippen molar-refractivity contribution in [2.45, 2.75) is 6.54 Å². The standard InChI is InChI=1S/C21H18Cl2N4/c22-15-5-6-16-19(7-8-25-20(16)11-15)26-10-9-24-12-14-13-27-18-4-2-1-3-17(18)21(14)23/h1-8,11,13,24H,9-10,12H2,(H,25,26). The molecule has 0 fully saturated rings. The zero-order valence-corrected chi connectivity index (χ0v) is 16.1. The molecule has 0 aliphatic heterocycles. The summed E-state index contributed by atoms with van der Waals surface area (Å²) in [7, 11) is 0. The highest BCUT2D eigenvalue weighted by Crippen LogP contribution is 2.26. The lowest BCUT2D eigenvalue weighted by Gasteiger charge is -2.11. The first-order chi connectivity index (χ1) is 13.2. The van der Waals surface area contributed by atoms with E-state index >= 15 is 0 Å². The topological polar surface area (TPSA) is 49.8 Å². The summed E-state index contributed by atoms with van der Waals surface area (Å²) in [6.07, 6.45) is 3.63. The molecule has 0 aliphatic carbocycles. The van der Waals surface area contributed by atoms with E-state index in [0.29, 0.717) is 11.6 Å². The molecule has 0 unspecified atom stereocenters. The lowest BCUT2D eigenvalue weighted by molar-refractivity contribution is 0.706. The molecule has 2 aromatic heterocycles. The molecule has 136 valence electrons. The van der Waals surface area contributed by atoms with E-state index < -0.39 is 0 Å². The molecule has 2 heterocycles. The van der Waals surface area contributed by atoms with Crippen molar-refractivity contribution >= 4 is 50.7 Å². The zero-order valence-electron chi connectivity index (χ0n) is 14.5. The average molecular weight is 397 g/mol. The number of aromatic nitrogens is 2. The third-order valence-corrected chi connectivity index (χ3v) is 5.10. The summed E-state index contributed by atoms with van der Waals surface area (Å²) >= 11 is 12.6. The number of benzene rings is 2. The predicted molar refractivity (Wildman–Crippen MR) is 114 cm³/mol. The van der Waals surface area contributed by atoms with Crippen molar-refractivity contribution in [3.8, 4) is 0 Å². The minimum absolute atomic E-state index is 0.672. The monoisotopic (exact) mass is 396 g/mol. The van der Waals surface area contributed by atoms with Crippen molar-refractivity contribution in [3.63, 3.8) is 0 Å². The van der Waals surface area contributed by atoms with Crippen molar-refractivity contribution in [2.24, 2.45) is 0 Å². The average Bonchev–Trinajstić information content (AvgIpc) is 2.69. The summed E-state index contributed by atoms with van der Waals surface area (Å²) in [4.78, 5) is 8.83. The van der Waals surface area contributed by atoms with Crippen LogP contribution >= 0.6 is 23.2 Å². The summed E-state index contributed by atoms with van der Waals surface area (Å²) in [6, 6.07) is 15.6. The van der Waals surface area contributed by atoms with Crippen LogP contribution in [0, 0.1) is 0 Å². The highest BCUT2D eigenvalue weighted by atomic mass is 35.5. The molecule has 0 atom stereocenters. The van der Waals surface area contributed by atoms with Gasteiger partial charge in [-0.05, 0) is 30.3 Å². The van der Waals surface area contributed by atoms with Crippen LogP contribution in [0.2, 0.25) is 10.0 Å².